The summed E-state index contributed by atoms with van der Waals surface area (Å²) in [6, 6.07) is 0. The van der Waals surface area contributed by atoms with Crippen LogP contribution in [0.1, 0.15) is 45.4 Å². The molecule has 0 spiro atoms. The van der Waals surface area contributed by atoms with E-state index in [0.717, 1.165) is 0 Å². The summed E-state index contributed by atoms with van der Waals surface area (Å²) in [7, 11) is 0. The SMILES string of the molecule is Br.Br.C=CCCCCCCC. The van der Waals surface area contributed by atoms with Crippen LogP contribution in [0.5, 0.6) is 0 Å². The Labute approximate surface area is 92.0 Å². The number of rotatable bonds is 6. The summed E-state index contributed by atoms with van der Waals surface area (Å²) in [5, 5.41) is 0. The number of halogens is 2. The van der Waals surface area contributed by atoms with E-state index in [1.165, 1.54) is 38.5 Å². The molecule has 0 saturated carbocycles. The van der Waals surface area contributed by atoms with Gasteiger partial charge in [0.1, 0.15) is 0 Å². The van der Waals surface area contributed by atoms with Crippen LogP contribution in [0, 0.1) is 0 Å². The van der Waals surface area contributed by atoms with Gasteiger partial charge in [0.05, 0.1) is 0 Å². The molecule has 0 aliphatic carbocycles. The van der Waals surface area contributed by atoms with E-state index < -0.39 is 0 Å². The van der Waals surface area contributed by atoms with E-state index in [9.17, 15) is 0 Å². The van der Waals surface area contributed by atoms with Gasteiger partial charge < -0.3 is 0 Å². The van der Waals surface area contributed by atoms with Gasteiger partial charge in [-0.15, -0.1) is 40.5 Å². The fraction of sp³-hybridized carbons (Fsp3) is 0.778. The lowest BCUT2D eigenvalue weighted by molar-refractivity contribution is 0.638. The molecule has 0 radical (unpaired) electrons. The summed E-state index contributed by atoms with van der Waals surface area (Å²) in [5.74, 6) is 0. The second-order valence-electron chi connectivity index (χ2n) is 2.49. The Morgan fingerprint density at radius 1 is 1.00 bits per heavy atom. The van der Waals surface area contributed by atoms with E-state index in [2.05, 4.69) is 13.5 Å². The van der Waals surface area contributed by atoms with Gasteiger partial charge in [0, 0.05) is 0 Å². The van der Waals surface area contributed by atoms with Crippen molar-refractivity contribution in [3.8, 4) is 0 Å². The Balaban J connectivity index is -0.000000320. The molecule has 0 aliphatic rings. The van der Waals surface area contributed by atoms with Gasteiger partial charge in [0.25, 0.3) is 0 Å². The van der Waals surface area contributed by atoms with Gasteiger partial charge >= 0.3 is 0 Å². The van der Waals surface area contributed by atoms with Crippen LogP contribution in [0.25, 0.3) is 0 Å². The summed E-state index contributed by atoms with van der Waals surface area (Å²) in [6.07, 6.45) is 10.1. The van der Waals surface area contributed by atoms with E-state index in [1.807, 2.05) is 6.08 Å². The maximum atomic E-state index is 3.68. The van der Waals surface area contributed by atoms with E-state index in [4.69, 9.17) is 0 Å². The van der Waals surface area contributed by atoms with E-state index in [-0.39, 0.29) is 34.0 Å². The molecule has 0 aromatic heterocycles. The lowest BCUT2D eigenvalue weighted by Crippen LogP contribution is -1.74. The topological polar surface area (TPSA) is 0 Å². The van der Waals surface area contributed by atoms with Crippen molar-refractivity contribution < 1.29 is 0 Å². The van der Waals surface area contributed by atoms with Gasteiger partial charge in [-0.05, 0) is 12.8 Å². The van der Waals surface area contributed by atoms with Gasteiger partial charge in [-0.3, -0.25) is 0 Å². The zero-order valence-electron chi connectivity index (χ0n) is 7.34. The molecule has 0 unspecified atom stereocenters. The van der Waals surface area contributed by atoms with Crippen LogP contribution >= 0.6 is 34.0 Å². The largest absolute Gasteiger partial charge is 0.114 e. The highest BCUT2D eigenvalue weighted by Gasteiger charge is 1.84. The minimum atomic E-state index is 0. The van der Waals surface area contributed by atoms with E-state index >= 15 is 0 Å². The maximum Gasteiger partial charge on any atom is -0.0353 e. The molecular formula is C9H20Br2. The van der Waals surface area contributed by atoms with Crippen molar-refractivity contribution in [2.75, 3.05) is 0 Å². The molecule has 2 heteroatoms. The van der Waals surface area contributed by atoms with Crippen molar-refractivity contribution in [3.63, 3.8) is 0 Å². The Bertz CT molecular complexity index is 62.6. The molecule has 0 heterocycles. The third-order valence-corrected chi connectivity index (χ3v) is 1.51. The molecule has 0 aromatic carbocycles. The molecule has 0 aromatic rings. The average molecular weight is 288 g/mol. The van der Waals surface area contributed by atoms with Crippen molar-refractivity contribution in [1.29, 1.82) is 0 Å². The van der Waals surface area contributed by atoms with Gasteiger partial charge in [0.15, 0.2) is 0 Å². The first-order valence-electron chi connectivity index (χ1n) is 4.02. The van der Waals surface area contributed by atoms with E-state index in [1.54, 1.807) is 0 Å². The molecule has 0 fully saturated rings. The lowest BCUT2D eigenvalue weighted by Gasteiger charge is -1.94. The normalized spacial score (nSPS) is 7.73. The molecular weight excluding hydrogens is 268 g/mol. The number of allylic oxidation sites excluding steroid dienone is 1. The predicted molar refractivity (Wildman–Crippen MR) is 64.2 cm³/mol. The smallest absolute Gasteiger partial charge is 0.0353 e. The molecule has 70 valence electrons. The predicted octanol–water partition coefficient (Wildman–Crippen LogP) is 4.69. The third kappa shape index (κ3) is 18.0. The average Bonchev–Trinajstić information content (AvgIpc) is 1.89. The molecule has 0 amide bonds. The van der Waals surface area contributed by atoms with Crippen molar-refractivity contribution in [3.05, 3.63) is 12.7 Å². The summed E-state index contributed by atoms with van der Waals surface area (Å²) in [5.41, 5.74) is 0. The van der Waals surface area contributed by atoms with Crippen molar-refractivity contribution in [2.24, 2.45) is 0 Å². The standard InChI is InChI=1S/C9H18.2BrH/c1-3-5-7-9-8-6-4-2;;/h3H,1,4-9H2,2H3;2*1H. The van der Waals surface area contributed by atoms with Crippen LogP contribution < -0.4 is 0 Å². The summed E-state index contributed by atoms with van der Waals surface area (Å²) in [6.45, 7) is 5.92. The minimum absolute atomic E-state index is 0. The zero-order chi connectivity index (χ0) is 6.95. The van der Waals surface area contributed by atoms with Crippen molar-refractivity contribution in [2.45, 2.75) is 45.4 Å². The highest BCUT2D eigenvalue weighted by atomic mass is 79.9. The van der Waals surface area contributed by atoms with Crippen LogP contribution in [-0.4, -0.2) is 0 Å². The summed E-state index contributed by atoms with van der Waals surface area (Å²) >= 11 is 0. The number of hydrogen-bond donors (Lipinski definition) is 0. The van der Waals surface area contributed by atoms with Crippen LogP contribution in [0.2, 0.25) is 0 Å². The Kier molecular flexibility index (Phi) is 27.3. The number of unbranched alkanes of at least 4 members (excludes halogenated alkanes) is 5. The molecule has 0 N–H and O–H groups in total. The fourth-order valence-electron chi connectivity index (χ4n) is 0.892. The monoisotopic (exact) mass is 286 g/mol. The highest BCUT2D eigenvalue weighted by Crippen LogP contribution is 2.04. The van der Waals surface area contributed by atoms with Crippen LogP contribution in [0.3, 0.4) is 0 Å². The Morgan fingerprint density at radius 2 is 1.55 bits per heavy atom. The van der Waals surface area contributed by atoms with Gasteiger partial charge in [-0.2, -0.15) is 0 Å². The van der Waals surface area contributed by atoms with Crippen molar-refractivity contribution >= 4 is 34.0 Å². The first-order valence-corrected chi connectivity index (χ1v) is 4.02. The van der Waals surface area contributed by atoms with Gasteiger partial charge in [-0.1, -0.05) is 38.7 Å². The molecule has 0 atom stereocenters. The van der Waals surface area contributed by atoms with Crippen LogP contribution in [-0.2, 0) is 0 Å². The molecule has 0 bridgehead atoms. The van der Waals surface area contributed by atoms with Crippen molar-refractivity contribution in [1.82, 2.24) is 0 Å². The molecule has 0 saturated heterocycles. The maximum absolute atomic E-state index is 3.68. The second-order valence-corrected chi connectivity index (χ2v) is 2.49. The summed E-state index contributed by atoms with van der Waals surface area (Å²) in [4.78, 5) is 0. The molecule has 0 nitrogen and oxygen atoms in total. The first-order chi connectivity index (χ1) is 4.41. The number of hydrogen-bond acceptors (Lipinski definition) is 0. The molecule has 0 rings (SSSR count). The zero-order valence-corrected chi connectivity index (χ0v) is 10.8. The third-order valence-electron chi connectivity index (χ3n) is 1.51. The molecule has 11 heavy (non-hydrogen) atoms. The Hall–Kier alpha value is 0.700. The highest BCUT2D eigenvalue weighted by molar-refractivity contribution is 8.93. The minimum Gasteiger partial charge on any atom is -0.114 e. The van der Waals surface area contributed by atoms with Crippen LogP contribution in [0.15, 0.2) is 12.7 Å². The lowest BCUT2D eigenvalue weighted by atomic mass is 10.1. The fourth-order valence-corrected chi connectivity index (χ4v) is 0.892. The van der Waals surface area contributed by atoms with E-state index in [0.29, 0.717) is 0 Å². The first kappa shape index (κ1) is 17.7. The van der Waals surface area contributed by atoms with Gasteiger partial charge in [0.2, 0.25) is 0 Å². The van der Waals surface area contributed by atoms with Crippen LogP contribution in [0.4, 0.5) is 0 Å². The quantitative estimate of drug-likeness (QED) is 0.491. The molecule has 0 aliphatic heterocycles. The Morgan fingerprint density at radius 3 is 2.00 bits per heavy atom. The second kappa shape index (κ2) is 17.0. The summed E-state index contributed by atoms with van der Waals surface area (Å²) < 4.78 is 0. The van der Waals surface area contributed by atoms with Gasteiger partial charge in [-0.25, -0.2) is 0 Å².